The van der Waals surface area contributed by atoms with Crippen LogP contribution in [0.2, 0.25) is 32.2 Å². The van der Waals surface area contributed by atoms with E-state index in [0.717, 1.165) is 6.61 Å². The Bertz CT molecular complexity index is 165. The van der Waals surface area contributed by atoms with E-state index in [0.29, 0.717) is 0 Å². The van der Waals surface area contributed by atoms with Gasteiger partial charge in [-0.2, -0.15) is 0 Å². The van der Waals surface area contributed by atoms with Crippen LogP contribution in [0, 0.1) is 0 Å². The highest BCUT2D eigenvalue weighted by molar-refractivity contribution is 7.38. The van der Waals surface area contributed by atoms with Gasteiger partial charge in [-0.25, -0.2) is 0 Å². The molecule has 0 aromatic heterocycles. The molecule has 0 aliphatic carbocycles. The maximum Gasteiger partial charge on any atom is 0.176 e. The Morgan fingerprint density at radius 1 is 0.867 bits per heavy atom. The molecule has 0 aromatic rings. The summed E-state index contributed by atoms with van der Waals surface area (Å²) in [6, 6.07) is 1.39. The van der Waals surface area contributed by atoms with Crippen LogP contribution in [0.4, 0.5) is 0 Å². The molecule has 1 nitrogen and oxygen atoms in total. The lowest BCUT2D eigenvalue weighted by molar-refractivity contribution is 0.335. The second kappa shape index (κ2) is 6.87. The van der Waals surface area contributed by atoms with Gasteiger partial charge in [-0.3, -0.25) is 0 Å². The number of hydrogen-bond donors (Lipinski definition) is 0. The van der Waals surface area contributed by atoms with Crippen LogP contribution in [0.25, 0.3) is 0 Å². The van der Waals surface area contributed by atoms with Crippen LogP contribution in [0.3, 0.4) is 0 Å². The van der Waals surface area contributed by atoms with E-state index in [1.165, 1.54) is 31.7 Å². The minimum Gasteiger partial charge on any atom is -0.420 e. The maximum atomic E-state index is 6.17. The van der Waals surface area contributed by atoms with Gasteiger partial charge in [0.1, 0.15) is 0 Å². The fourth-order valence-electron chi connectivity index (χ4n) is 1.87. The molecular formula is C12H30OSi2. The minimum atomic E-state index is -1.36. The highest BCUT2D eigenvalue weighted by atomic mass is 29.3. The predicted molar refractivity (Wildman–Crippen MR) is 75.5 cm³/mol. The molecule has 0 aliphatic rings. The van der Waals surface area contributed by atoms with Crippen molar-refractivity contribution in [2.75, 3.05) is 6.61 Å². The van der Waals surface area contributed by atoms with Gasteiger partial charge in [-0.15, -0.1) is 0 Å². The van der Waals surface area contributed by atoms with Gasteiger partial charge in [-0.05, 0) is 19.5 Å². The first kappa shape index (κ1) is 15.4. The third kappa shape index (κ3) is 5.32. The lowest BCUT2D eigenvalue weighted by Gasteiger charge is -2.38. The normalized spacial score (nSPS) is 16.4. The van der Waals surface area contributed by atoms with Crippen molar-refractivity contribution in [3.8, 4) is 0 Å². The van der Waals surface area contributed by atoms with Crippen LogP contribution in [0.5, 0.6) is 0 Å². The molecule has 0 amide bonds. The third-order valence-electron chi connectivity index (χ3n) is 3.56. The summed E-state index contributed by atoms with van der Waals surface area (Å²) < 4.78 is 6.17. The van der Waals surface area contributed by atoms with Gasteiger partial charge in [0.25, 0.3) is 0 Å². The van der Waals surface area contributed by atoms with E-state index in [1.54, 1.807) is 0 Å². The zero-order valence-corrected chi connectivity index (χ0v) is 13.7. The SMILES string of the molecule is CCCCCC[Si](C)(OCC)[Si](C)(C)C. The summed E-state index contributed by atoms with van der Waals surface area (Å²) >= 11 is 0. The molecular weight excluding hydrogens is 216 g/mol. The fourth-order valence-corrected chi connectivity index (χ4v) is 9.27. The molecule has 0 rings (SSSR count). The Balaban J connectivity index is 4.14. The van der Waals surface area contributed by atoms with Gasteiger partial charge in [0, 0.05) is 6.61 Å². The summed E-state index contributed by atoms with van der Waals surface area (Å²) in [5, 5.41) is 0. The first-order valence-corrected chi connectivity index (χ1v) is 13.6. The van der Waals surface area contributed by atoms with Gasteiger partial charge in [0.05, 0.1) is 7.59 Å². The van der Waals surface area contributed by atoms with Crippen molar-refractivity contribution >= 4 is 15.4 Å². The smallest absolute Gasteiger partial charge is 0.176 e. The van der Waals surface area contributed by atoms with Crippen LogP contribution in [0.1, 0.15) is 39.5 Å². The third-order valence-corrected chi connectivity index (χ3v) is 19.7. The van der Waals surface area contributed by atoms with Gasteiger partial charge >= 0.3 is 0 Å². The highest BCUT2D eigenvalue weighted by Crippen LogP contribution is 2.27. The molecule has 0 saturated carbocycles. The molecule has 0 aromatic carbocycles. The van der Waals surface area contributed by atoms with E-state index in [-0.39, 0.29) is 0 Å². The molecule has 1 unspecified atom stereocenters. The summed E-state index contributed by atoms with van der Waals surface area (Å²) in [6.45, 7) is 15.3. The van der Waals surface area contributed by atoms with Crippen LogP contribution in [0.15, 0.2) is 0 Å². The van der Waals surface area contributed by atoms with E-state index in [2.05, 4.69) is 40.0 Å². The standard InChI is InChI=1S/C12H30OSi2/c1-7-9-10-11-12-15(6,13-8-2)14(3,4)5/h7-12H2,1-6H3. The maximum absolute atomic E-state index is 6.17. The zero-order chi connectivity index (χ0) is 11.9. The average molecular weight is 247 g/mol. The molecule has 0 fully saturated rings. The number of rotatable bonds is 8. The molecule has 3 heteroatoms. The van der Waals surface area contributed by atoms with Crippen LogP contribution in [-0.2, 0) is 4.43 Å². The van der Waals surface area contributed by atoms with Crippen molar-refractivity contribution in [1.82, 2.24) is 0 Å². The second-order valence-corrected chi connectivity index (χ2v) is 21.1. The second-order valence-electron chi connectivity index (χ2n) is 5.72. The van der Waals surface area contributed by atoms with Crippen molar-refractivity contribution in [3.63, 3.8) is 0 Å². The van der Waals surface area contributed by atoms with E-state index < -0.39 is 15.4 Å². The fraction of sp³-hybridized carbons (Fsp3) is 1.00. The van der Waals surface area contributed by atoms with Crippen LogP contribution in [-0.4, -0.2) is 22.0 Å². The quantitative estimate of drug-likeness (QED) is 0.449. The van der Waals surface area contributed by atoms with E-state index >= 15 is 0 Å². The van der Waals surface area contributed by atoms with Crippen LogP contribution < -0.4 is 0 Å². The van der Waals surface area contributed by atoms with Crippen molar-refractivity contribution < 1.29 is 4.43 Å². The summed E-state index contributed by atoms with van der Waals surface area (Å²) in [5.74, 6) is 0. The average Bonchev–Trinajstić information content (AvgIpc) is 2.11. The zero-order valence-electron chi connectivity index (χ0n) is 11.7. The van der Waals surface area contributed by atoms with Crippen molar-refractivity contribution in [1.29, 1.82) is 0 Å². The first-order valence-electron chi connectivity index (χ1n) is 6.51. The number of unbranched alkanes of at least 4 members (excludes halogenated alkanes) is 3. The molecule has 0 aliphatic heterocycles. The first-order chi connectivity index (χ1) is 6.87. The van der Waals surface area contributed by atoms with E-state index in [9.17, 15) is 0 Å². The Morgan fingerprint density at radius 2 is 1.47 bits per heavy atom. The lowest BCUT2D eigenvalue weighted by Crippen LogP contribution is -2.57. The minimum absolute atomic E-state index is 0.917. The molecule has 1 atom stereocenters. The Hall–Kier alpha value is 0.394. The summed E-state index contributed by atoms with van der Waals surface area (Å²) in [4.78, 5) is 0. The molecule has 0 saturated heterocycles. The summed E-state index contributed by atoms with van der Waals surface area (Å²) in [5.41, 5.74) is 0. The monoisotopic (exact) mass is 246 g/mol. The van der Waals surface area contributed by atoms with Gasteiger partial charge in [0.2, 0.25) is 0 Å². The molecule has 15 heavy (non-hydrogen) atoms. The van der Waals surface area contributed by atoms with Crippen molar-refractivity contribution in [3.05, 3.63) is 0 Å². The largest absolute Gasteiger partial charge is 0.420 e. The Labute approximate surface area is 98.5 Å². The van der Waals surface area contributed by atoms with Crippen LogP contribution >= 0.6 is 0 Å². The van der Waals surface area contributed by atoms with Gasteiger partial charge < -0.3 is 4.43 Å². The predicted octanol–water partition coefficient (Wildman–Crippen LogP) is 4.60. The van der Waals surface area contributed by atoms with E-state index in [1.807, 2.05) is 0 Å². The van der Waals surface area contributed by atoms with Gasteiger partial charge in [0.15, 0.2) is 7.83 Å². The Morgan fingerprint density at radius 3 is 1.87 bits per heavy atom. The molecule has 0 radical (unpaired) electrons. The van der Waals surface area contributed by atoms with Crippen molar-refractivity contribution in [2.45, 2.75) is 71.8 Å². The molecule has 0 spiro atoms. The van der Waals surface area contributed by atoms with E-state index in [4.69, 9.17) is 4.43 Å². The van der Waals surface area contributed by atoms with Crippen molar-refractivity contribution in [2.24, 2.45) is 0 Å². The number of hydrogen-bond acceptors (Lipinski definition) is 1. The Kier molecular flexibility index (Phi) is 7.05. The molecule has 0 bridgehead atoms. The topological polar surface area (TPSA) is 9.23 Å². The lowest BCUT2D eigenvalue weighted by atomic mass is 10.2. The molecule has 92 valence electrons. The highest BCUT2D eigenvalue weighted by Gasteiger charge is 2.42. The molecule has 0 N–H and O–H groups in total. The summed E-state index contributed by atoms with van der Waals surface area (Å²) in [7, 11) is -2.44. The van der Waals surface area contributed by atoms with Gasteiger partial charge in [-0.1, -0.05) is 52.2 Å². The molecule has 0 heterocycles. The summed E-state index contributed by atoms with van der Waals surface area (Å²) in [6.07, 6.45) is 5.51.